The molecule has 0 aliphatic rings. The van der Waals surface area contributed by atoms with Gasteiger partial charge in [0.15, 0.2) is 0 Å². The summed E-state index contributed by atoms with van der Waals surface area (Å²) in [6, 6.07) is 0. The van der Waals surface area contributed by atoms with E-state index in [1.165, 1.54) is 0 Å². The van der Waals surface area contributed by atoms with Crippen molar-refractivity contribution in [3.05, 3.63) is 0 Å². The zero-order valence-electron chi connectivity index (χ0n) is 5.69. The van der Waals surface area contributed by atoms with Crippen LogP contribution in [0.3, 0.4) is 0 Å². The minimum atomic E-state index is -4.78. The molecule has 0 bridgehead atoms. The Kier molecular flexibility index (Phi) is 4.63. The molecular formula is C4H12O5Ti. The third-order valence-electron chi connectivity index (χ3n) is 0.831. The summed E-state index contributed by atoms with van der Waals surface area (Å²) >= 11 is -4.78. The van der Waals surface area contributed by atoms with Crippen molar-refractivity contribution in [1.82, 2.24) is 0 Å². The van der Waals surface area contributed by atoms with E-state index in [0.29, 0.717) is 0 Å². The molecule has 5 nitrogen and oxygen atoms in total. The van der Waals surface area contributed by atoms with Crippen molar-refractivity contribution in [1.29, 1.82) is 0 Å². The summed E-state index contributed by atoms with van der Waals surface area (Å²) in [7, 11) is 0. The van der Waals surface area contributed by atoms with Gasteiger partial charge in [-0.15, -0.1) is 0 Å². The van der Waals surface area contributed by atoms with E-state index in [2.05, 4.69) is 3.32 Å². The van der Waals surface area contributed by atoms with E-state index in [0.717, 1.165) is 0 Å². The van der Waals surface area contributed by atoms with Gasteiger partial charge in [-0.1, -0.05) is 0 Å². The maximum absolute atomic E-state index is 8.65. The van der Waals surface area contributed by atoms with Crippen molar-refractivity contribution >= 4 is 0 Å². The van der Waals surface area contributed by atoms with Gasteiger partial charge in [0, 0.05) is 0 Å². The van der Waals surface area contributed by atoms with Gasteiger partial charge in [-0.05, 0) is 0 Å². The fraction of sp³-hybridized carbons (Fsp3) is 1.00. The van der Waals surface area contributed by atoms with Crippen molar-refractivity contribution in [2.45, 2.75) is 19.4 Å². The number of hydrogen-bond donors (Lipinski definition) is 4. The Bertz CT molecular complexity index is 88.1. The van der Waals surface area contributed by atoms with Crippen molar-refractivity contribution < 1.29 is 37.6 Å². The first-order chi connectivity index (χ1) is 4.42. The molecule has 1 atom stereocenters. The summed E-state index contributed by atoms with van der Waals surface area (Å²) in [6.45, 7) is 1.52. The number of aliphatic hydroxyl groups is 1. The van der Waals surface area contributed by atoms with Crippen LogP contribution >= 0.6 is 0 Å². The predicted molar refractivity (Wildman–Crippen MR) is 28.9 cm³/mol. The van der Waals surface area contributed by atoms with E-state index < -0.39 is 24.2 Å². The molecule has 62 valence electrons. The second-order valence-corrected chi connectivity index (χ2v) is 4.30. The molecule has 0 aromatic heterocycles. The van der Waals surface area contributed by atoms with Gasteiger partial charge in [-0.2, -0.15) is 0 Å². The molecule has 0 saturated carbocycles. The molecule has 0 aliphatic heterocycles. The van der Waals surface area contributed by atoms with Gasteiger partial charge >= 0.3 is 63.7 Å². The monoisotopic (exact) mass is 188 g/mol. The van der Waals surface area contributed by atoms with Crippen LogP contribution < -0.4 is 0 Å². The van der Waals surface area contributed by atoms with Gasteiger partial charge in [-0.3, -0.25) is 0 Å². The van der Waals surface area contributed by atoms with E-state index >= 15 is 0 Å². The van der Waals surface area contributed by atoms with Crippen LogP contribution in [0.5, 0.6) is 0 Å². The first-order valence-electron chi connectivity index (χ1n) is 2.91. The molecule has 0 amide bonds. The molecule has 0 spiro atoms. The molecule has 0 aromatic rings. The van der Waals surface area contributed by atoms with Gasteiger partial charge in [0.25, 0.3) is 0 Å². The summed E-state index contributed by atoms with van der Waals surface area (Å²) in [5.41, 5.74) is 0. The van der Waals surface area contributed by atoms with Gasteiger partial charge in [0.05, 0.1) is 0 Å². The topological polar surface area (TPSA) is 90.2 Å². The second-order valence-electron chi connectivity index (χ2n) is 2.06. The molecule has 0 saturated heterocycles. The summed E-state index contributed by atoms with van der Waals surface area (Å²) in [4.78, 5) is 0. The molecule has 0 radical (unpaired) electrons. The van der Waals surface area contributed by atoms with Crippen LogP contribution in [0.15, 0.2) is 0 Å². The zero-order chi connectivity index (χ0) is 8.20. The molecule has 0 rings (SSSR count). The zero-order valence-corrected chi connectivity index (χ0v) is 7.25. The van der Waals surface area contributed by atoms with Crippen LogP contribution in [0.4, 0.5) is 0 Å². The normalized spacial score (nSPS) is 15.3. The van der Waals surface area contributed by atoms with Crippen molar-refractivity contribution in [3.63, 3.8) is 0 Å². The Balaban J connectivity index is 3.21. The fourth-order valence-corrected chi connectivity index (χ4v) is 0.978. The molecule has 10 heavy (non-hydrogen) atoms. The van der Waals surface area contributed by atoms with Crippen LogP contribution in [0, 0.1) is 0 Å². The number of aliphatic hydroxyl groups excluding tert-OH is 1. The Labute approximate surface area is 64.1 Å². The van der Waals surface area contributed by atoms with E-state index in [-0.39, 0.29) is 13.0 Å². The Morgan fingerprint density at radius 3 is 2.20 bits per heavy atom. The maximum atomic E-state index is 8.65. The fourth-order valence-electron chi connectivity index (χ4n) is 0.366. The van der Waals surface area contributed by atoms with E-state index in [1.54, 1.807) is 6.92 Å². The Hall–Kier alpha value is 0.514. The van der Waals surface area contributed by atoms with Gasteiger partial charge in [0.1, 0.15) is 0 Å². The molecule has 0 fully saturated rings. The van der Waals surface area contributed by atoms with Gasteiger partial charge in [-0.25, -0.2) is 0 Å². The summed E-state index contributed by atoms with van der Waals surface area (Å²) in [5.74, 6) is 0. The quantitative estimate of drug-likeness (QED) is 0.406. The first-order valence-corrected chi connectivity index (χ1v) is 5.64. The average molecular weight is 188 g/mol. The van der Waals surface area contributed by atoms with Crippen molar-refractivity contribution in [3.8, 4) is 0 Å². The summed E-state index contributed by atoms with van der Waals surface area (Å²) in [5, 5.41) is 8.65. The molecular weight excluding hydrogens is 176 g/mol. The van der Waals surface area contributed by atoms with Gasteiger partial charge in [0.2, 0.25) is 0 Å². The molecule has 1 unspecified atom stereocenters. The SMILES string of the molecule is CC(O)CC[O][Ti]([OH])([OH])[OH]. The van der Waals surface area contributed by atoms with Crippen molar-refractivity contribution in [2.24, 2.45) is 0 Å². The molecule has 0 heterocycles. The molecule has 0 aliphatic carbocycles. The third-order valence-corrected chi connectivity index (χ3v) is 1.75. The van der Waals surface area contributed by atoms with E-state index in [9.17, 15) is 0 Å². The predicted octanol–water partition coefficient (Wildman–Crippen LogP) is -1.44. The second kappa shape index (κ2) is 4.40. The first kappa shape index (κ1) is 10.5. The van der Waals surface area contributed by atoms with Crippen LogP contribution in [-0.2, 0) is 21.5 Å². The minimum absolute atomic E-state index is 0.0266. The number of hydrogen-bond acceptors (Lipinski definition) is 5. The summed E-state index contributed by atoms with van der Waals surface area (Å²) in [6.07, 6.45) is -0.265. The van der Waals surface area contributed by atoms with Crippen LogP contribution in [0.25, 0.3) is 0 Å². The summed E-state index contributed by atoms with van der Waals surface area (Å²) < 4.78 is 29.2. The third kappa shape index (κ3) is 8.51. The number of rotatable bonds is 4. The van der Waals surface area contributed by atoms with Crippen molar-refractivity contribution in [2.75, 3.05) is 6.61 Å². The molecule has 4 N–H and O–H groups in total. The average Bonchev–Trinajstić information content (AvgIpc) is 1.59. The van der Waals surface area contributed by atoms with Crippen LogP contribution in [0.2, 0.25) is 0 Å². The Morgan fingerprint density at radius 1 is 1.40 bits per heavy atom. The van der Waals surface area contributed by atoms with Crippen LogP contribution in [0.1, 0.15) is 13.3 Å². The molecule has 0 aromatic carbocycles. The van der Waals surface area contributed by atoms with Gasteiger partial charge < -0.3 is 0 Å². The van der Waals surface area contributed by atoms with Crippen LogP contribution in [-0.4, -0.2) is 28.9 Å². The standard InChI is InChI=1S/C4H9O2.3H2O.Ti/c1-4(6)2-3-5;;;;/h4,6H,2-3H2,1H3;3*1H2;/q-1;;;;+4/p-3. The molecule has 6 heteroatoms. The van der Waals surface area contributed by atoms with E-state index in [4.69, 9.17) is 16.2 Å². The Morgan fingerprint density at radius 2 is 1.90 bits per heavy atom. The van der Waals surface area contributed by atoms with E-state index in [1.807, 2.05) is 0 Å².